The lowest BCUT2D eigenvalue weighted by atomic mass is 10.1. The highest BCUT2D eigenvalue weighted by Crippen LogP contribution is 2.28. The molecule has 1 aromatic heterocycles. The summed E-state index contributed by atoms with van der Waals surface area (Å²) in [5.74, 6) is 2.17. The average Bonchev–Trinajstić information content (AvgIpc) is 2.79. The first-order valence-corrected chi connectivity index (χ1v) is 6.35. The van der Waals surface area contributed by atoms with Crippen molar-refractivity contribution in [3.05, 3.63) is 24.0 Å². The standard InChI is InChI=1S/C14H21NO/c1-11(2)14-13(8-5-9-15-14)16-10-12-6-3-4-7-12/h5,8-9,11-12H,3-4,6-7,10H2,1-2H3. The van der Waals surface area contributed by atoms with Crippen LogP contribution < -0.4 is 4.74 Å². The molecule has 0 amide bonds. The molecule has 2 nitrogen and oxygen atoms in total. The van der Waals surface area contributed by atoms with Gasteiger partial charge in [0.15, 0.2) is 0 Å². The van der Waals surface area contributed by atoms with Gasteiger partial charge in [-0.15, -0.1) is 0 Å². The molecule has 1 heterocycles. The van der Waals surface area contributed by atoms with Gasteiger partial charge in [-0.3, -0.25) is 4.98 Å². The summed E-state index contributed by atoms with van der Waals surface area (Å²) in [6, 6.07) is 3.99. The van der Waals surface area contributed by atoms with Crippen LogP contribution in [0.15, 0.2) is 18.3 Å². The Bertz CT molecular complexity index is 329. The van der Waals surface area contributed by atoms with Crippen molar-refractivity contribution in [3.8, 4) is 5.75 Å². The molecule has 0 radical (unpaired) electrons. The van der Waals surface area contributed by atoms with Gasteiger partial charge in [-0.2, -0.15) is 0 Å². The second-order valence-electron chi connectivity index (χ2n) is 5.00. The molecule has 0 aromatic carbocycles. The Morgan fingerprint density at radius 3 is 2.81 bits per heavy atom. The molecule has 1 saturated carbocycles. The first-order chi connectivity index (χ1) is 7.77. The molecule has 88 valence electrons. The van der Waals surface area contributed by atoms with Gasteiger partial charge in [0.2, 0.25) is 0 Å². The van der Waals surface area contributed by atoms with E-state index in [1.807, 2.05) is 18.3 Å². The fraction of sp³-hybridized carbons (Fsp3) is 0.643. The summed E-state index contributed by atoms with van der Waals surface area (Å²) in [6.07, 6.45) is 7.25. The second kappa shape index (κ2) is 5.33. The van der Waals surface area contributed by atoms with E-state index in [0.717, 1.165) is 24.0 Å². The highest BCUT2D eigenvalue weighted by molar-refractivity contribution is 5.29. The molecule has 1 aromatic rings. The Morgan fingerprint density at radius 1 is 1.38 bits per heavy atom. The maximum atomic E-state index is 5.92. The molecule has 0 atom stereocenters. The lowest BCUT2D eigenvalue weighted by Crippen LogP contribution is -2.10. The van der Waals surface area contributed by atoms with Gasteiger partial charge >= 0.3 is 0 Å². The number of hydrogen-bond acceptors (Lipinski definition) is 2. The van der Waals surface area contributed by atoms with Gasteiger partial charge in [-0.25, -0.2) is 0 Å². The van der Waals surface area contributed by atoms with Crippen molar-refractivity contribution in [2.45, 2.75) is 45.4 Å². The molecule has 1 aliphatic carbocycles. The summed E-state index contributed by atoms with van der Waals surface area (Å²) in [4.78, 5) is 4.40. The number of aromatic nitrogens is 1. The zero-order chi connectivity index (χ0) is 11.4. The van der Waals surface area contributed by atoms with E-state index in [2.05, 4.69) is 18.8 Å². The lowest BCUT2D eigenvalue weighted by molar-refractivity contribution is 0.248. The van der Waals surface area contributed by atoms with Crippen LogP contribution in [-0.2, 0) is 0 Å². The van der Waals surface area contributed by atoms with Gasteiger partial charge in [0, 0.05) is 6.20 Å². The van der Waals surface area contributed by atoms with Crippen LogP contribution in [0.4, 0.5) is 0 Å². The van der Waals surface area contributed by atoms with Crippen LogP contribution in [0.5, 0.6) is 5.75 Å². The van der Waals surface area contributed by atoms with Crippen molar-refractivity contribution in [3.63, 3.8) is 0 Å². The van der Waals surface area contributed by atoms with Gasteiger partial charge in [0.05, 0.1) is 12.3 Å². The number of pyridine rings is 1. The number of ether oxygens (including phenoxy) is 1. The average molecular weight is 219 g/mol. The summed E-state index contributed by atoms with van der Waals surface area (Å²) in [7, 11) is 0. The predicted octanol–water partition coefficient (Wildman–Crippen LogP) is 3.77. The first-order valence-electron chi connectivity index (χ1n) is 6.35. The van der Waals surface area contributed by atoms with Crippen molar-refractivity contribution < 1.29 is 4.74 Å². The number of rotatable bonds is 4. The summed E-state index contributed by atoms with van der Waals surface area (Å²) in [5.41, 5.74) is 1.08. The van der Waals surface area contributed by atoms with Gasteiger partial charge < -0.3 is 4.74 Å². The predicted molar refractivity (Wildman–Crippen MR) is 65.8 cm³/mol. The van der Waals surface area contributed by atoms with Crippen LogP contribution in [0, 0.1) is 5.92 Å². The van der Waals surface area contributed by atoms with Crippen molar-refractivity contribution in [2.24, 2.45) is 5.92 Å². The van der Waals surface area contributed by atoms with Crippen LogP contribution in [0.3, 0.4) is 0 Å². The normalized spacial score (nSPS) is 16.9. The third-order valence-corrected chi connectivity index (χ3v) is 3.30. The Hall–Kier alpha value is -1.05. The van der Waals surface area contributed by atoms with E-state index in [-0.39, 0.29) is 0 Å². The third kappa shape index (κ3) is 2.75. The summed E-state index contributed by atoms with van der Waals surface area (Å²) >= 11 is 0. The molecule has 0 unspecified atom stereocenters. The minimum atomic E-state index is 0.430. The molecule has 0 saturated heterocycles. The minimum Gasteiger partial charge on any atom is -0.491 e. The zero-order valence-electron chi connectivity index (χ0n) is 10.3. The molecule has 0 spiro atoms. The smallest absolute Gasteiger partial charge is 0.141 e. The number of nitrogens with zero attached hydrogens (tertiary/aromatic N) is 1. The molecule has 2 rings (SSSR count). The van der Waals surface area contributed by atoms with E-state index in [1.54, 1.807) is 0 Å². The second-order valence-corrected chi connectivity index (χ2v) is 5.00. The maximum absolute atomic E-state index is 5.92. The summed E-state index contributed by atoms with van der Waals surface area (Å²) < 4.78 is 5.92. The van der Waals surface area contributed by atoms with Crippen LogP contribution >= 0.6 is 0 Å². The Kier molecular flexibility index (Phi) is 3.81. The Balaban J connectivity index is 1.97. The topological polar surface area (TPSA) is 22.1 Å². The molecular weight excluding hydrogens is 198 g/mol. The SMILES string of the molecule is CC(C)c1ncccc1OCC1CCCC1. The molecule has 1 aliphatic rings. The monoisotopic (exact) mass is 219 g/mol. The Morgan fingerprint density at radius 2 is 2.12 bits per heavy atom. The fourth-order valence-electron chi connectivity index (χ4n) is 2.34. The van der Waals surface area contributed by atoms with Crippen molar-refractivity contribution in [2.75, 3.05) is 6.61 Å². The van der Waals surface area contributed by atoms with E-state index in [1.165, 1.54) is 25.7 Å². The van der Waals surface area contributed by atoms with Gasteiger partial charge in [-0.05, 0) is 36.8 Å². The fourth-order valence-corrected chi connectivity index (χ4v) is 2.34. The van der Waals surface area contributed by atoms with Crippen molar-refractivity contribution >= 4 is 0 Å². The molecule has 0 N–H and O–H groups in total. The molecule has 1 fully saturated rings. The largest absolute Gasteiger partial charge is 0.491 e. The highest BCUT2D eigenvalue weighted by atomic mass is 16.5. The molecule has 0 aliphatic heterocycles. The zero-order valence-corrected chi connectivity index (χ0v) is 10.3. The van der Waals surface area contributed by atoms with Gasteiger partial charge in [0.1, 0.15) is 5.75 Å². The minimum absolute atomic E-state index is 0.430. The van der Waals surface area contributed by atoms with Crippen LogP contribution in [0.1, 0.15) is 51.1 Å². The highest BCUT2D eigenvalue weighted by Gasteiger charge is 2.16. The van der Waals surface area contributed by atoms with Crippen LogP contribution in [0.25, 0.3) is 0 Å². The lowest BCUT2D eigenvalue weighted by Gasteiger charge is -2.15. The molecule has 0 bridgehead atoms. The maximum Gasteiger partial charge on any atom is 0.141 e. The van der Waals surface area contributed by atoms with Crippen LogP contribution in [-0.4, -0.2) is 11.6 Å². The Labute approximate surface area is 98.0 Å². The van der Waals surface area contributed by atoms with E-state index in [0.29, 0.717) is 5.92 Å². The van der Waals surface area contributed by atoms with E-state index in [4.69, 9.17) is 4.74 Å². The summed E-state index contributed by atoms with van der Waals surface area (Å²) in [6.45, 7) is 5.18. The first kappa shape index (κ1) is 11.4. The van der Waals surface area contributed by atoms with E-state index >= 15 is 0 Å². The van der Waals surface area contributed by atoms with E-state index < -0.39 is 0 Å². The molecule has 2 heteroatoms. The van der Waals surface area contributed by atoms with Crippen LogP contribution in [0.2, 0.25) is 0 Å². The van der Waals surface area contributed by atoms with Gasteiger partial charge in [-0.1, -0.05) is 26.7 Å². The summed E-state index contributed by atoms with van der Waals surface area (Å²) in [5, 5.41) is 0. The van der Waals surface area contributed by atoms with Crippen molar-refractivity contribution in [1.29, 1.82) is 0 Å². The molecular formula is C14H21NO. The third-order valence-electron chi connectivity index (χ3n) is 3.30. The quantitative estimate of drug-likeness (QED) is 0.769. The van der Waals surface area contributed by atoms with Crippen molar-refractivity contribution in [1.82, 2.24) is 4.98 Å². The van der Waals surface area contributed by atoms with E-state index in [9.17, 15) is 0 Å². The number of hydrogen-bond donors (Lipinski definition) is 0. The molecule has 16 heavy (non-hydrogen) atoms. The van der Waals surface area contributed by atoms with Gasteiger partial charge in [0.25, 0.3) is 0 Å².